The van der Waals surface area contributed by atoms with Gasteiger partial charge in [-0.3, -0.25) is 14.6 Å². The summed E-state index contributed by atoms with van der Waals surface area (Å²) in [5.74, 6) is -0.213. The standard InChI is InChI=1S/C20H23BrN4O3/c21-16-14-22-12-11-15(16)13-23-25-20(28)10-4-2-1-3-9-19(27)24-17-7-5-6-8-18(17)26/h5-8,11-14,26H,1-4,9-10H2,(H,24,27)(H,25,28)/b23-13+. The Bertz CT molecular complexity index is 827. The Morgan fingerprint density at radius 2 is 1.79 bits per heavy atom. The number of carbonyl (C=O) groups is 2. The third kappa shape index (κ3) is 7.87. The molecule has 0 bridgehead atoms. The van der Waals surface area contributed by atoms with E-state index in [1.54, 1.807) is 42.9 Å². The van der Waals surface area contributed by atoms with Crippen LogP contribution in [0.3, 0.4) is 0 Å². The molecule has 0 aliphatic carbocycles. The Hall–Kier alpha value is -2.74. The van der Waals surface area contributed by atoms with Gasteiger partial charge in [0.2, 0.25) is 11.8 Å². The second-order valence-electron chi connectivity index (χ2n) is 6.17. The van der Waals surface area contributed by atoms with Crippen molar-refractivity contribution >= 4 is 39.6 Å². The van der Waals surface area contributed by atoms with Gasteiger partial charge in [-0.1, -0.05) is 25.0 Å². The van der Waals surface area contributed by atoms with Gasteiger partial charge in [-0.25, -0.2) is 5.43 Å². The first-order chi connectivity index (χ1) is 13.6. The summed E-state index contributed by atoms with van der Waals surface area (Å²) in [6.45, 7) is 0. The molecule has 0 saturated carbocycles. The minimum atomic E-state index is -0.140. The van der Waals surface area contributed by atoms with Gasteiger partial charge in [0.05, 0.1) is 11.9 Å². The number of aromatic nitrogens is 1. The van der Waals surface area contributed by atoms with E-state index in [0.29, 0.717) is 18.5 Å². The van der Waals surface area contributed by atoms with Gasteiger partial charge in [-0.05, 0) is 47.0 Å². The molecular weight excluding hydrogens is 424 g/mol. The number of pyridine rings is 1. The van der Waals surface area contributed by atoms with Crippen LogP contribution in [0.25, 0.3) is 0 Å². The van der Waals surface area contributed by atoms with Crippen LogP contribution in [-0.4, -0.2) is 28.1 Å². The number of anilines is 1. The molecule has 1 heterocycles. The number of benzene rings is 1. The zero-order valence-corrected chi connectivity index (χ0v) is 17.0. The van der Waals surface area contributed by atoms with Crippen LogP contribution in [0.4, 0.5) is 5.69 Å². The summed E-state index contributed by atoms with van der Waals surface area (Å²) in [6.07, 6.45) is 8.82. The predicted octanol–water partition coefficient (Wildman–Crippen LogP) is 3.98. The fraction of sp³-hybridized carbons (Fsp3) is 0.300. The van der Waals surface area contributed by atoms with Crippen LogP contribution in [0.2, 0.25) is 0 Å². The highest BCUT2D eigenvalue weighted by atomic mass is 79.9. The summed E-state index contributed by atoms with van der Waals surface area (Å²) in [4.78, 5) is 27.6. The topological polar surface area (TPSA) is 104 Å². The molecule has 8 heteroatoms. The normalized spacial score (nSPS) is 10.8. The molecule has 0 fully saturated rings. The average molecular weight is 447 g/mol. The van der Waals surface area contributed by atoms with E-state index in [4.69, 9.17) is 0 Å². The number of carbonyl (C=O) groups excluding carboxylic acids is 2. The number of amides is 2. The molecule has 1 aromatic carbocycles. The van der Waals surface area contributed by atoms with Crippen molar-refractivity contribution in [2.45, 2.75) is 38.5 Å². The summed E-state index contributed by atoms with van der Waals surface area (Å²) < 4.78 is 0.805. The maximum absolute atomic E-state index is 11.9. The molecule has 2 amide bonds. The molecule has 2 rings (SSSR count). The molecule has 0 unspecified atom stereocenters. The molecule has 3 N–H and O–H groups in total. The first-order valence-corrected chi connectivity index (χ1v) is 9.85. The van der Waals surface area contributed by atoms with Gasteiger partial charge in [0.1, 0.15) is 5.75 Å². The van der Waals surface area contributed by atoms with Crippen molar-refractivity contribution in [1.82, 2.24) is 10.4 Å². The lowest BCUT2D eigenvalue weighted by molar-refractivity contribution is -0.121. The Labute approximate surface area is 172 Å². The molecular formula is C20H23BrN4O3. The first-order valence-electron chi connectivity index (χ1n) is 9.05. The fourth-order valence-electron chi connectivity index (χ4n) is 2.44. The third-order valence-corrected chi connectivity index (χ3v) is 4.60. The van der Waals surface area contributed by atoms with E-state index in [1.165, 1.54) is 6.07 Å². The van der Waals surface area contributed by atoms with Crippen molar-refractivity contribution in [2.75, 3.05) is 5.32 Å². The van der Waals surface area contributed by atoms with Gasteiger partial charge >= 0.3 is 0 Å². The van der Waals surface area contributed by atoms with E-state index in [1.807, 2.05) is 0 Å². The number of nitrogens with zero attached hydrogens (tertiary/aromatic N) is 2. The van der Waals surface area contributed by atoms with Crippen molar-refractivity contribution in [2.24, 2.45) is 5.10 Å². The number of nitrogens with one attached hydrogen (secondary N) is 2. The van der Waals surface area contributed by atoms with Crippen molar-refractivity contribution in [3.8, 4) is 5.75 Å². The monoisotopic (exact) mass is 446 g/mol. The molecule has 0 spiro atoms. The van der Waals surface area contributed by atoms with Gasteiger partial charge in [0, 0.05) is 35.3 Å². The number of halogens is 1. The molecule has 0 atom stereocenters. The quantitative estimate of drug-likeness (QED) is 0.222. The zero-order chi connectivity index (χ0) is 20.2. The Morgan fingerprint density at radius 3 is 2.50 bits per heavy atom. The number of aromatic hydroxyl groups is 1. The molecule has 0 radical (unpaired) electrons. The van der Waals surface area contributed by atoms with E-state index in [2.05, 4.69) is 36.8 Å². The maximum atomic E-state index is 11.9. The van der Waals surface area contributed by atoms with E-state index in [0.717, 1.165) is 35.7 Å². The summed E-state index contributed by atoms with van der Waals surface area (Å²) in [7, 11) is 0. The molecule has 0 aliphatic heterocycles. The van der Waals surface area contributed by atoms with Crippen molar-refractivity contribution in [3.63, 3.8) is 0 Å². The lowest BCUT2D eigenvalue weighted by Crippen LogP contribution is -2.17. The number of unbranched alkanes of at least 4 members (excludes halogenated alkanes) is 3. The number of hydrogen-bond donors (Lipinski definition) is 3. The number of para-hydroxylation sites is 2. The van der Waals surface area contributed by atoms with E-state index in [-0.39, 0.29) is 17.6 Å². The van der Waals surface area contributed by atoms with Gasteiger partial charge in [0.15, 0.2) is 0 Å². The number of rotatable bonds is 10. The van der Waals surface area contributed by atoms with Crippen molar-refractivity contribution in [3.05, 3.63) is 52.8 Å². The second-order valence-corrected chi connectivity index (χ2v) is 7.02. The van der Waals surface area contributed by atoms with Gasteiger partial charge in [0.25, 0.3) is 0 Å². The summed E-state index contributed by atoms with van der Waals surface area (Å²) in [6, 6.07) is 8.42. The average Bonchev–Trinajstić information content (AvgIpc) is 2.68. The highest BCUT2D eigenvalue weighted by Gasteiger charge is 2.06. The molecule has 0 saturated heterocycles. The molecule has 0 aliphatic rings. The van der Waals surface area contributed by atoms with E-state index < -0.39 is 0 Å². The summed E-state index contributed by atoms with van der Waals surface area (Å²) >= 11 is 3.35. The van der Waals surface area contributed by atoms with Crippen LogP contribution in [0, 0.1) is 0 Å². The third-order valence-electron chi connectivity index (χ3n) is 3.93. The Morgan fingerprint density at radius 1 is 1.07 bits per heavy atom. The maximum Gasteiger partial charge on any atom is 0.240 e. The molecule has 148 valence electrons. The second kappa shape index (κ2) is 11.9. The minimum absolute atomic E-state index is 0.0563. The zero-order valence-electron chi connectivity index (χ0n) is 15.4. The smallest absolute Gasteiger partial charge is 0.240 e. The summed E-state index contributed by atoms with van der Waals surface area (Å²) in [5.41, 5.74) is 3.75. The Balaban J connectivity index is 1.54. The predicted molar refractivity (Wildman–Crippen MR) is 112 cm³/mol. The highest BCUT2D eigenvalue weighted by Crippen LogP contribution is 2.21. The van der Waals surface area contributed by atoms with Crippen LogP contribution in [0.5, 0.6) is 5.75 Å². The molecule has 7 nitrogen and oxygen atoms in total. The van der Waals surface area contributed by atoms with Crippen molar-refractivity contribution < 1.29 is 14.7 Å². The Kier molecular flexibility index (Phi) is 9.14. The van der Waals surface area contributed by atoms with E-state index in [9.17, 15) is 14.7 Å². The number of phenols is 1. The van der Waals surface area contributed by atoms with Gasteiger partial charge in [-0.15, -0.1) is 0 Å². The fourth-order valence-corrected chi connectivity index (χ4v) is 2.79. The minimum Gasteiger partial charge on any atom is -0.506 e. The van der Waals surface area contributed by atoms with Crippen LogP contribution < -0.4 is 10.7 Å². The molecule has 2 aromatic rings. The number of phenolic OH excluding ortho intramolecular Hbond substituents is 1. The lowest BCUT2D eigenvalue weighted by Gasteiger charge is -2.06. The highest BCUT2D eigenvalue weighted by molar-refractivity contribution is 9.10. The number of hydrazone groups is 1. The summed E-state index contributed by atoms with van der Waals surface area (Å²) in [5, 5.41) is 16.2. The largest absolute Gasteiger partial charge is 0.506 e. The van der Waals surface area contributed by atoms with E-state index >= 15 is 0 Å². The van der Waals surface area contributed by atoms with Crippen LogP contribution in [0.15, 0.2) is 52.3 Å². The van der Waals surface area contributed by atoms with Crippen LogP contribution in [-0.2, 0) is 9.59 Å². The SMILES string of the molecule is O=C(CCCCCCC(=O)Nc1ccccc1O)N/N=C/c1ccncc1Br. The molecule has 28 heavy (non-hydrogen) atoms. The van der Waals surface area contributed by atoms with Crippen LogP contribution in [0.1, 0.15) is 44.1 Å². The number of hydrogen-bond acceptors (Lipinski definition) is 5. The first kappa shape index (κ1) is 21.6. The lowest BCUT2D eigenvalue weighted by atomic mass is 10.1. The van der Waals surface area contributed by atoms with Gasteiger partial charge in [-0.2, -0.15) is 5.10 Å². The molecule has 1 aromatic heterocycles. The van der Waals surface area contributed by atoms with Gasteiger partial charge < -0.3 is 10.4 Å². The van der Waals surface area contributed by atoms with Crippen LogP contribution >= 0.6 is 15.9 Å². The van der Waals surface area contributed by atoms with Crippen molar-refractivity contribution in [1.29, 1.82) is 0 Å².